The van der Waals surface area contributed by atoms with Crippen LogP contribution in [0.5, 0.6) is 0 Å². The van der Waals surface area contributed by atoms with E-state index in [1.54, 1.807) is 30.3 Å². The van der Waals surface area contributed by atoms with Crippen LogP contribution in [-0.4, -0.2) is 21.1 Å². The highest BCUT2D eigenvalue weighted by Crippen LogP contribution is 2.45. The van der Waals surface area contributed by atoms with E-state index in [1.807, 2.05) is 0 Å². The molecule has 1 fully saturated rings. The van der Waals surface area contributed by atoms with Crippen LogP contribution < -0.4 is 10.0 Å². The van der Waals surface area contributed by atoms with Gasteiger partial charge in [-0.05, 0) is 49.7 Å². The first kappa shape index (κ1) is 17.9. The Hall–Kier alpha value is -1.47. The lowest BCUT2D eigenvalue weighted by atomic mass is 9.85. The number of hydrogen-bond acceptors (Lipinski definition) is 4. The van der Waals surface area contributed by atoms with Crippen LogP contribution in [0.3, 0.4) is 0 Å². The first-order chi connectivity index (χ1) is 12.3. The number of benzene rings is 2. The van der Waals surface area contributed by atoms with Crippen LogP contribution in [0.2, 0.25) is 10.0 Å². The maximum absolute atomic E-state index is 12.8. The van der Waals surface area contributed by atoms with Crippen molar-refractivity contribution in [2.45, 2.75) is 30.4 Å². The molecule has 4 rings (SSSR count). The summed E-state index contributed by atoms with van der Waals surface area (Å²) >= 11 is 11.8. The second-order valence-electron chi connectivity index (χ2n) is 6.66. The van der Waals surface area contributed by atoms with Gasteiger partial charge in [-0.15, -0.1) is 0 Å². The fourth-order valence-electron chi connectivity index (χ4n) is 3.64. The Morgan fingerprint density at radius 2 is 1.96 bits per heavy atom. The zero-order valence-electron chi connectivity index (χ0n) is 14.0. The number of fused-ring (bicyclic) bond motifs is 3. The van der Waals surface area contributed by atoms with Crippen molar-refractivity contribution in [3.8, 4) is 0 Å². The average molecular weight is 413 g/mol. The minimum Gasteiger partial charge on any atom is -0.382 e. The summed E-state index contributed by atoms with van der Waals surface area (Å²) in [5, 5.41) is 4.10. The van der Waals surface area contributed by atoms with Crippen molar-refractivity contribution >= 4 is 44.6 Å². The average Bonchev–Trinajstić information content (AvgIpc) is 3.08. The van der Waals surface area contributed by atoms with Crippen LogP contribution in [0.15, 0.2) is 41.3 Å². The monoisotopic (exact) mass is 412 g/mol. The number of anilines is 2. The molecule has 1 saturated heterocycles. The third-order valence-electron chi connectivity index (χ3n) is 4.97. The highest BCUT2D eigenvalue weighted by Gasteiger charge is 2.39. The highest BCUT2D eigenvalue weighted by atomic mass is 35.5. The Morgan fingerprint density at radius 1 is 1.15 bits per heavy atom. The molecule has 2 aromatic carbocycles. The minimum atomic E-state index is -3.75. The van der Waals surface area contributed by atoms with Gasteiger partial charge < -0.3 is 10.1 Å². The standard InChI is InChI=1S/C18H18Cl2N2O3S/c1-10-13-6-7-25-18(13)14-9-12(3-5-17(14)21-10)26(23,24)22-11-2-4-15(19)16(20)8-11/h2-5,8-10,13,18,21-22H,6-7H2,1H3/t10-,13-,18-/m0/s1. The van der Waals surface area contributed by atoms with Gasteiger partial charge in [-0.3, -0.25) is 4.72 Å². The Kier molecular flexibility index (Phi) is 4.55. The second-order valence-corrected chi connectivity index (χ2v) is 9.16. The van der Waals surface area contributed by atoms with Crippen LogP contribution >= 0.6 is 23.2 Å². The highest BCUT2D eigenvalue weighted by molar-refractivity contribution is 7.92. The van der Waals surface area contributed by atoms with E-state index in [0.717, 1.165) is 17.7 Å². The summed E-state index contributed by atoms with van der Waals surface area (Å²) in [6.07, 6.45) is 0.901. The maximum atomic E-state index is 12.8. The van der Waals surface area contributed by atoms with Gasteiger partial charge in [-0.2, -0.15) is 0 Å². The molecule has 0 unspecified atom stereocenters. The molecule has 8 heteroatoms. The summed E-state index contributed by atoms with van der Waals surface area (Å²) in [7, 11) is -3.75. The van der Waals surface area contributed by atoms with Gasteiger partial charge in [0.2, 0.25) is 0 Å². The van der Waals surface area contributed by atoms with E-state index in [1.165, 1.54) is 6.07 Å². The van der Waals surface area contributed by atoms with Gasteiger partial charge in [0.15, 0.2) is 0 Å². The Bertz CT molecular complexity index is 965. The molecule has 2 aromatic rings. The van der Waals surface area contributed by atoms with E-state index in [0.29, 0.717) is 29.3 Å². The lowest BCUT2D eigenvalue weighted by Crippen LogP contribution is -2.33. The summed E-state index contributed by atoms with van der Waals surface area (Å²) in [4.78, 5) is 0.188. The zero-order chi connectivity index (χ0) is 18.5. The molecule has 2 aliphatic rings. The van der Waals surface area contributed by atoms with Gasteiger partial charge in [-0.1, -0.05) is 23.2 Å². The first-order valence-electron chi connectivity index (χ1n) is 8.35. The topological polar surface area (TPSA) is 67.4 Å². The van der Waals surface area contributed by atoms with Crippen molar-refractivity contribution in [1.29, 1.82) is 0 Å². The fourth-order valence-corrected chi connectivity index (χ4v) is 5.02. The summed E-state index contributed by atoms with van der Waals surface area (Å²) in [6, 6.07) is 9.99. The molecular weight excluding hydrogens is 395 g/mol. The Balaban J connectivity index is 1.67. The summed E-state index contributed by atoms with van der Waals surface area (Å²) in [5.41, 5.74) is 2.18. The molecule has 26 heavy (non-hydrogen) atoms. The third-order valence-corrected chi connectivity index (χ3v) is 7.09. The molecular formula is C18H18Cl2N2O3S. The maximum Gasteiger partial charge on any atom is 0.261 e. The lowest BCUT2D eigenvalue weighted by Gasteiger charge is -2.34. The van der Waals surface area contributed by atoms with E-state index in [-0.39, 0.29) is 16.0 Å². The summed E-state index contributed by atoms with van der Waals surface area (Å²) in [5.74, 6) is 0.350. The van der Waals surface area contributed by atoms with E-state index in [2.05, 4.69) is 17.0 Å². The van der Waals surface area contributed by atoms with Crippen molar-refractivity contribution in [3.63, 3.8) is 0 Å². The number of rotatable bonds is 3. The number of halogens is 2. The molecule has 2 heterocycles. The molecule has 0 amide bonds. The van der Waals surface area contributed by atoms with Crippen LogP contribution in [-0.2, 0) is 14.8 Å². The third kappa shape index (κ3) is 3.16. The molecule has 5 nitrogen and oxygen atoms in total. The molecule has 0 saturated carbocycles. The summed E-state index contributed by atoms with van der Waals surface area (Å²) < 4.78 is 34.0. The Morgan fingerprint density at radius 3 is 2.73 bits per heavy atom. The molecule has 2 N–H and O–H groups in total. The number of hydrogen-bond donors (Lipinski definition) is 2. The molecule has 0 aromatic heterocycles. The molecule has 3 atom stereocenters. The van der Waals surface area contributed by atoms with E-state index < -0.39 is 10.0 Å². The van der Waals surface area contributed by atoms with Crippen molar-refractivity contribution in [3.05, 3.63) is 52.0 Å². The number of ether oxygens (including phenoxy) is 1. The largest absolute Gasteiger partial charge is 0.382 e. The second kappa shape index (κ2) is 6.60. The van der Waals surface area contributed by atoms with Gasteiger partial charge in [0, 0.05) is 29.8 Å². The van der Waals surface area contributed by atoms with Gasteiger partial charge in [-0.25, -0.2) is 8.42 Å². The van der Waals surface area contributed by atoms with E-state index in [4.69, 9.17) is 27.9 Å². The molecule has 2 aliphatic heterocycles. The van der Waals surface area contributed by atoms with Crippen LogP contribution in [0.1, 0.15) is 25.0 Å². The first-order valence-corrected chi connectivity index (χ1v) is 10.6. The lowest BCUT2D eigenvalue weighted by molar-refractivity contribution is 0.0843. The van der Waals surface area contributed by atoms with E-state index in [9.17, 15) is 8.42 Å². The SMILES string of the molecule is C[C@@H]1Nc2ccc(S(=O)(=O)Nc3ccc(Cl)c(Cl)c3)cc2[C@H]2OCC[C@@H]12. The Labute approximate surface area is 162 Å². The van der Waals surface area contributed by atoms with Gasteiger partial charge in [0.25, 0.3) is 10.0 Å². The van der Waals surface area contributed by atoms with Crippen LogP contribution in [0.25, 0.3) is 0 Å². The smallest absolute Gasteiger partial charge is 0.261 e. The minimum absolute atomic E-state index is 0.0682. The predicted octanol–water partition coefficient (Wildman–Crippen LogP) is 4.69. The van der Waals surface area contributed by atoms with Crippen LogP contribution in [0, 0.1) is 5.92 Å². The quantitative estimate of drug-likeness (QED) is 0.767. The molecule has 138 valence electrons. The van der Waals surface area contributed by atoms with Gasteiger partial charge in [0.1, 0.15) is 0 Å². The molecule has 0 spiro atoms. The van der Waals surface area contributed by atoms with Gasteiger partial charge in [0.05, 0.1) is 26.7 Å². The van der Waals surface area contributed by atoms with Gasteiger partial charge >= 0.3 is 0 Å². The van der Waals surface area contributed by atoms with Crippen molar-refractivity contribution in [1.82, 2.24) is 0 Å². The van der Waals surface area contributed by atoms with E-state index >= 15 is 0 Å². The molecule has 0 aliphatic carbocycles. The summed E-state index contributed by atoms with van der Waals surface area (Å²) in [6.45, 7) is 2.82. The fraction of sp³-hybridized carbons (Fsp3) is 0.333. The molecule has 0 bridgehead atoms. The number of nitrogens with one attached hydrogen (secondary N) is 2. The predicted molar refractivity (Wildman–Crippen MR) is 104 cm³/mol. The van der Waals surface area contributed by atoms with Crippen molar-refractivity contribution in [2.24, 2.45) is 5.92 Å². The normalized spacial score (nSPS) is 24.5. The zero-order valence-corrected chi connectivity index (χ0v) is 16.3. The van der Waals surface area contributed by atoms with Crippen LogP contribution in [0.4, 0.5) is 11.4 Å². The molecule has 0 radical (unpaired) electrons. The number of sulfonamides is 1. The van der Waals surface area contributed by atoms with Crippen molar-refractivity contribution < 1.29 is 13.2 Å². The van der Waals surface area contributed by atoms with Crippen molar-refractivity contribution in [2.75, 3.05) is 16.6 Å².